The molecule has 0 fully saturated rings. The second kappa shape index (κ2) is 8.45. The molecule has 6 nitrogen and oxygen atoms in total. The Morgan fingerprint density at radius 1 is 1.07 bits per heavy atom. The van der Waals surface area contributed by atoms with Crippen molar-refractivity contribution in [3.05, 3.63) is 69.0 Å². The molecule has 2 aromatic heterocycles. The van der Waals surface area contributed by atoms with Crippen molar-refractivity contribution in [2.24, 2.45) is 0 Å². The van der Waals surface area contributed by atoms with E-state index in [-0.39, 0.29) is 5.56 Å². The molecule has 0 aliphatic heterocycles. The molecule has 0 aliphatic rings. The fourth-order valence-corrected chi connectivity index (χ4v) is 3.75. The second-order valence-corrected chi connectivity index (χ2v) is 7.55. The highest BCUT2D eigenvalue weighted by Crippen LogP contribution is 2.20. The van der Waals surface area contributed by atoms with Gasteiger partial charge in [0.1, 0.15) is 11.5 Å². The van der Waals surface area contributed by atoms with Gasteiger partial charge in [-0.25, -0.2) is 0 Å². The van der Waals surface area contributed by atoms with E-state index in [9.17, 15) is 4.79 Å². The number of unbranched alkanes of at least 4 members (excludes halogenated alkanes) is 1. The molecule has 0 radical (unpaired) electrons. The van der Waals surface area contributed by atoms with E-state index < -0.39 is 0 Å². The van der Waals surface area contributed by atoms with Crippen molar-refractivity contribution in [3.8, 4) is 22.9 Å². The van der Waals surface area contributed by atoms with Gasteiger partial charge < -0.3 is 9.47 Å². The van der Waals surface area contributed by atoms with Gasteiger partial charge in [0.15, 0.2) is 5.82 Å². The van der Waals surface area contributed by atoms with Gasteiger partial charge in [0.2, 0.25) is 4.96 Å². The molecule has 0 amide bonds. The van der Waals surface area contributed by atoms with Crippen LogP contribution in [0, 0.1) is 0 Å². The summed E-state index contributed by atoms with van der Waals surface area (Å²) in [7, 11) is 1.62. The molecule has 0 N–H and O–H groups in total. The van der Waals surface area contributed by atoms with Crippen LogP contribution in [0.4, 0.5) is 0 Å². The lowest BCUT2D eigenvalue weighted by atomic mass is 10.2. The minimum absolute atomic E-state index is 0.166. The summed E-state index contributed by atoms with van der Waals surface area (Å²) in [6, 6.07) is 15.2. The Labute approximate surface area is 172 Å². The van der Waals surface area contributed by atoms with E-state index in [0.717, 1.165) is 35.5 Å². The van der Waals surface area contributed by atoms with Gasteiger partial charge in [-0.1, -0.05) is 36.8 Å². The Kier molecular flexibility index (Phi) is 5.57. The Hall–Kier alpha value is -3.19. The molecular weight excluding hydrogens is 386 g/mol. The van der Waals surface area contributed by atoms with Crippen molar-refractivity contribution in [2.45, 2.75) is 19.8 Å². The fourth-order valence-electron chi connectivity index (χ4n) is 2.84. The molecule has 0 spiro atoms. The highest BCUT2D eigenvalue weighted by atomic mass is 32.1. The summed E-state index contributed by atoms with van der Waals surface area (Å²) in [6.45, 7) is 2.85. The van der Waals surface area contributed by atoms with E-state index in [1.165, 1.54) is 15.9 Å². The maximum absolute atomic E-state index is 12.7. The van der Waals surface area contributed by atoms with Crippen LogP contribution in [-0.4, -0.2) is 28.3 Å². The van der Waals surface area contributed by atoms with Crippen LogP contribution in [0.5, 0.6) is 11.5 Å². The maximum Gasteiger partial charge on any atom is 0.291 e. The summed E-state index contributed by atoms with van der Waals surface area (Å²) < 4.78 is 12.8. The lowest BCUT2D eigenvalue weighted by Gasteiger charge is -2.04. The number of nitrogens with zero attached hydrogens (tertiary/aromatic N) is 3. The fraction of sp³-hybridized carbons (Fsp3) is 0.227. The third-order valence-electron chi connectivity index (χ3n) is 4.47. The largest absolute Gasteiger partial charge is 0.497 e. The third-order valence-corrected chi connectivity index (χ3v) is 5.43. The first-order valence-electron chi connectivity index (χ1n) is 9.46. The SMILES string of the molecule is CCCCOc1ccc(/C=c2/sc3nc(-c4ccc(OC)cc4)nn3c2=O)cc1. The second-order valence-electron chi connectivity index (χ2n) is 6.55. The topological polar surface area (TPSA) is 65.7 Å². The number of hydrogen-bond donors (Lipinski definition) is 0. The number of aromatic nitrogens is 3. The average Bonchev–Trinajstić information content (AvgIpc) is 3.29. The van der Waals surface area contributed by atoms with Crippen molar-refractivity contribution in [1.29, 1.82) is 0 Å². The lowest BCUT2D eigenvalue weighted by Crippen LogP contribution is -2.23. The first-order valence-corrected chi connectivity index (χ1v) is 10.3. The molecule has 29 heavy (non-hydrogen) atoms. The zero-order valence-corrected chi connectivity index (χ0v) is 17.1. The third kappa shape index (κ3) is 4.14. The molecular formula is C22H21N3O3S. The molecule has 0 unspecified atom stereocenters. The van der Waals surface area contributed by atoms with E-state index >= 15 is 0 Å². The van der Waals surface area contributed by atoms with Crippen LogP contribution in [0.25, 0.3) is 22.4 Å². The summed E-state index contributed by atoms with van der Waals surface area (Å²) >= 11 is 1.33. The molecule has 0 aliphatic carbocycles. The summed E-state index contributed by atoms with van der Waals surface area (Å²) in [5.41, 5.74) is 1.61. The molecule has 0 saturated heterocycles. The minimum atomic E-state index is -0.166. The number of benzene rings is 2. The number of fused-ring (bicyclic) bond motifs is 1. The molecule has 0 atom stereocenters. The van der Waals surface area contributed by atoms with Crippen LogP contribution >= 0.6 is 11.3 Å². The Balaban J connectivity index is 1.59. The van der Waals surface area contributed by atoms with Gasteiger partial charge in [0.05, 0.1) is 18.2 Å². The van der Waals surface area contributed by atoms with Crippen LogP contribution in [0.2, 0.25) is 0 Å². The van der Waals surface area contributed by atoms with Crippen LogP contribution in [0.15, 0.2) is 53.3 Å². The lowest BCUT2D eigenvalue weighted by molar-refractivity contribution is 0.309. The molecule has 2 aromatic carbocycles. The first-order chi connectivity index (χ1) is 14.2. The molecule has 7 heteroatoms. The predicted octanol–water partition coefficient (Wildman–Crippen LogP) is 3.55. The average molecular weight is 407 g/mol. The van der Waals surface area contributed by atoms with Gasteiger partial charge in [-0.15, -0.1) is 5.10 Å². The number of rotatable bonds is 7. The standard InChI is InChI=1S/C22H21N3O3S/c1-3-4-13-28-18-9-5-15(6-10-18)14-19-21(26)25-22(29-19)23-20(24-25)16-7-11-17(27-2)12-8-16/h5-12,14H,3-4,13H2,1-2H3/b19-14+. The van der Waals surface area contributed by atoms with Gasteiger partial charge in [-0.2, -0.15) is 9.50 Å². The molecule has 0 bridgehead atoms. The van der Waals surface area contributed by atoms with Crippen LogP contribution < -0.4 is 19.6 Å². The van der Waals surface area contributed by atoms with Crippen LogP contribution in [0.3, 0.4) is 0 Å². The quantitative estimate of drug-likeness (QED) is 0.438. The highest BCUT2D eigenvalue weighted by Gasteiger charge is 2.12. The summed E-state index contributed by atoms with van der Waals surface area (Å²) in [5.74, 6) is 2.12. The van der Waals surface area contributed by atoms with Crippen LogP contribution in [-0.2, 0) is 0 Å². The van der Waals surface area contributed by atoms with Crippen molar-refractivity contribution < 1.29 is 9.47 Å². The number of methoxy groups -OCH3 is 1. The number of hydrogen-bond acceptors (Lipinski definition) is 6. The molecule has 2 heterocycles. The van der Waals surface area contributed by atoms with Crippen molar-refractivity contribution in [3.63, 3.8) is 0 Å². The highest BCUT2D eigenvalue weighted by molar-refractivity contribution is 7.15. The van der Waals surface area contributed by atoms with Crippen molar-refractivity contribution >= 4 is 22.4 Å². The Morgan fingerprint density at radius 3 is 2.45 bits per heavy atom. The Bertz CT molecular complexity index is 1210. The van der Waals surface area contributed by atoms with Gasteiger partial charge in [-0.05, 0) is 54.5 Å². The Morgan fingerprint density at radius 2 is 1.79 bits per heavy atom. The molecule has 4 aromatic rings. The zero-order chi connectivity index (χ0) is 20.2. The normalized spacial score (nSPS) is 11.9. The summed E-state index contributed by atoms with van der Waals surface area (Å²) in [6.07, 6.45) is 3.99. The summed E-state index contributed by atoms with van der Waals surface area (Å²) in [5, 5.41) is 4.38. The van der Waals surface area contributed by atoms with E-state index in [0.29, 0.717) is 21.9 Å². The molecule has 0 saturated carbocycles. The van der Waals surface area contributed by atoms with E-state index in [4.69, 9.17) is 9.47 Å². The smallest absolute Gasteiger partial charge is 0.291 e. The molecule has 4 rings (SSSR count). The van der Waals surface area contributed by atoms with Crippen LogP contribution in [0.1, 0.15) is 25.3 Å². The number of ether oxygens (including phenoxy) is 2. The van der Waals surface area contributed by atoms with Gasteiger partial charge in [-0.3, -0.25) is 4.79 Å². The van der Waals surface area contributed by atoms with E-state index in [1.807, 2.05) is 54.6 Å². The van der Waals surface area contributed by atoms with Gasteiger partial charge in [0, 0.05) is 5.56 Å². The predicted molar refractivity (Wildman–Crippen MR) is 115 cm³/mol. The van der Waals surface area contributed by atoms with Crippen molar-refractivity contribution in [2.75, 3.05) is 13.7 Å². The van der Waals surface area contributed by atoms with Crippen molar-refractivity contribution in [1.82, 2.24) is 14.6 Å². The van der Waals surface area contributed by atoms with Gasteiger partial charge in [0.25, 0.3) is 5.56 Å². The summed E-state index contributed by atoms with van der Waals surface area (Å²) in [4.78, 5) is 17.8. The van der Waals surface area contributed by atoms with Gasteiger partial charge >= 0.3 is 0 Å². The number of thiazole rings is 1. The van der Waals surface area contributed by atoms with E-state index in [2.05, 4.69) is 17.0 Å². The maximum atomic E-state index is 12.7. The van der Waals surface area contributed by atoms with E-state index in [1.54, 1.807) is 7.11 Å². The zero-order valence-electron chi connectivity index (χ0n) is 16.3. The minimum Gasteiger partial charge on any atom is -0.497 e. The monoisotopic (exact) mass is 407 g/mol. The molecule has 148 valence electrons. The first kappa shape index (κ1) is 19.1.